The van der Waals surface area contributed by atoms with E-state index >= 15 is 0 Å². The van der Waals surface area contributed by atoms with Crippen molar-refractivity contribution in [3.63, 3.8) is 0 Å². The van der Waals surface area contributed by atoms with Gasteiger partial charge in [-0.05, 0) is 66.0 Å². The smallest absolute Gasteiger partial charge is 0.431 e. The third kappa shape index (κ3) is 11.6. The fourth-order valence-corrected chi connectivity index (χ4v) is 3.68. The molecular formula is C25H37N5O6S. The summed E-state index contributed by atoms with van der Waals surface area (Å²) in [4.78, 5) is 50.6. The Morgan fingerprint density at radius 1 is 1.00 bits per heavy atom. The first-order valence-corrected chi connectivity index (χ1v) is 12.8. The van der Waals surface area contributed by atoms with E-state index in [9.17, 15) is 14.4 Å². The summed E-state index contributed by atoms with van der Waals surface area (Å²) in [6.45, 7) is 14.5. The van der Waals surface area contributed by atoms with Crippen LogP contribution in [0.4, 0.5) is 15.4 Å². The zero-order valence-corrected chi connectivity index (χ0v) is 23.4. The number of aromatic nitrogens is 2. The van der Waals surface area contributed by atoms with Crippen LogP contribution in [0.15, 0.2) is 23.7 Å². The summed E-state index contributed by atoms with van der Waals surface area (Å²) in [6, 6.07) is 2.79. The molecule has 0 aromatic carbocycles. The van der Waals surface area contributed by atoms with Crippen LogP contribution in [0.2, 0.25) is 0 Å². The van der Waals surface area contributed by atoms with E-state index in [1.165, 1.54) is 11.3 Å². The van der Waals surface area contributed by atoms with Gasteiger partial charge in [-0.2, -0.15) is 5.48 Å². The Morgan fingerprint density at radius 3 is 2.22 bits per heavy atom. The maximum atomic E-state index is 12.9. The normalized spacial score (nSPS) is 12.6. The van der Waals surface area contributed by atoms with Gasteiger partial charge in [0.05, 0.1) is 5.69 Å². The number of alkyl carbamates (subject to hydrolysis) is 1. The van der Waals surface area contributed by atoms with Crippen LogP contribution in [-0.4, -0.2) is 45.3 Å². The molecule has 37 heavy (non-hydrogen) atoms. The Bertz CT molecular complexity index is 1060. The molecule has 0 saturated heterocycles. The SMILES string of the molecule is CC(C)C[C@H](NC(=O)OC(C)(C)C)C(=O)Nc1csc(-c2ccc(CONC(=O)OC(C)(C)C)nc2)n1. The van der Waals surface area contributed by atoms with Crippen molar-refractivity contribution in [1.29, 1.82) is 0 Å². The van der Waals surface area contributed by atoms with Gasteiger partial charge in [0, 0.05) is 17.1 Å². The summed E-state index contributed by atoms with van der Waals surface area (Å²) in [5, 5.41) is 7.79. The topological polar surface area (TPSA) is 141 Å². The average molecular weight is 536 g/mol. The van der Waals surface area contributed by atoms with Crippen molar-refractivity contribution in [3.05, 3.63) is 29.4 Å². The van der Waals surface area contributed by atoms with Crippen molar-refractivity contribution < 1.29 is 28.7 Å². The quantitative estimate of drug-likeness (QED) is 0.379. The molecule has 2 aromatic rings. The molecule has 0 aliphatic carbocycles. The second-order valence-electron chi connectivity index (χ2n) is 10.8. The van der Waals surface area contributed by atoms with Gasteiger partial charge in [-0.3, -0.25) is 14.6 Å². The van der Waals surface area contributed by atoms with E-state index in [1.54, 1.807) is 59.2 Å². The van der Waals surface area contributed by atoms with Crippen LogP contribution in [0.1, 0.15) is 67.5 Å². The maximum absolute atomic E-state index is 12.9. The van der Waals surface area contributed by atoms with Crippen molar-refractivity contribution in [2.45, 2.75) is 85.7 Å². The standard InChI is InChI=1S/C25H37N5O6S/c1-15(2)11-18(27-22(32)35-24(3,4)5)20(31)28-19-14-37-21(29-19)16-9-10-17(26-12-16)13-34-30-23(33)36-25(6,7)8/h9-10,12,14-15,18H,11,13H2,1-8H3,(H,27,32)(H,28,31)(H,30,33)/t18-/m0/s1. The molecule has 3 amide bonds. The van der Waals surface area contributed by atoms with E-state index < -0.39 is 29.4 Å². The van der Waals surface area contributed by atoms with Gasteiger partial charge in [-0.25, -0.2) is 14.6 Å². The first-order valence-electron chi connectivity index (χ1n) is 11.9. The number of hydrogen-bond acceptors (Lipinski definition) is 9. The minimum absolute atomic E-state index is 0.0561. The van der Waals surface area contributed by atoms with Crippen molar-refractivity contribution in [3.8, 4) is 10.6 Å². The van der Waals surface area contributed by atoms with E-state index in [0.717, 1.165) is 5.56 Å². The van der Waals surface area contributed by atoms with Crippen molar-refractivity contribution >= 4 is 35.2 Å². The van der Waals surface area contributed by atoms with E-state index in [1.807, 2.05) is 19.9 Å². The number of rotatable bonds is 9. The van der Waals surface area contributed by atoms with Crippen LogP contribution < -0.4 is 16.1 Å². The van der Waals surface area contributed by atoms with Crippen molar-refractivity contribution in [2.75, 3.05) is 5.32 Å². The lowest BCUT2D eigenvalue weighted by Gasteiger charge is -2.24. The molecule has 0 fully saturated rings. The molecule has 0 aliphatic heterocycles. The molecule has 0 unspecified atom stereocenters. The average Bonchev–Trinajstić information content (AvgIpc) is 3.19. The minimum atomic E-state index is -0.768. The summed E-state index contributed by atoms with van der Waals surface area (Å²) in [6.07, 6.45) is 0.739. The molecule has 2 heterocycles. The highest BCUT2D eigenvalue weighted by molar-refractivity contribution is 7.13. The lowest BCUT2D eigenvalue weighted by Crippen LogP contribution is -2.46. The number of pyridine rings is 1. The van der Waals surface area contributed by atoms with Crippen LogP contribution in [0.5, 0.6) is 0 Å². The third-order valence-electron chi connectivity index (χ3n) is 4.32. The summed E-state index contributed by atoms with van der Waals surface area (Å²) < 4.78 is 10.4. The Morgan fingerprint density at radius 2 is 1.65 bits per heavy atom. The van der Waals surface area contributed by atoms with Gasteiger partial charge in [0.2, 0.25) is 5.91 Å². The predicted molar refractivity (Wildman–Crippen MR) is 141 cm³/mol. The molecule has 0 radical (unpaired) electrons. The third-order valence-corrected chi connectivity index (χ3v) is 5.21. The zero-order valence-electron chi connectivity index (χ0n) is 22.6. The molecule has 0 aliphatic rings. The van der Waals surface area contributed by atoms with Crippen LogP contribution in [-0.2, 0) is 25.7 Å². The number of carbonyl (C=O) groups excluding carboxylic acids is 3. The zero-order chi connectivity index (χ0) is 27.8. The summed E-state index contributed by atoms with van der Waals surface area (Å²) in [5.74, 6) is 0.169. The highest BCUT2D eigenvalue weighted by Crippen LogP contribution is 2.26. The summed E-state index contributed by atoms with van der Waals surface area (Å²) in [5.41, 5.74) is 2.26. The molecule has 11 nitrogen and oxygen atoms in total. The lowest BCUT2D eigenvalue weighted by molar-refractivity contribution is -0.118. The number of carbonyl (C=O) groups is 3. The molecule has 0 spiro atoms. The van der Waals surface area contributed by atoms with Gasteiger partial charge in [0.1, 0.15) is 34.7 Å². The number of nitrogens with zero attached hydrogens (tertiary/aromatic N) is 2. The monoisotopic (exact) mass is 535 g/mol. The largest absolute Gasteiger partial charge is 0.444 e. The van der Waals surface area contributed by atoms with Crippen molar-refractivity contribution in [2.24, 2.45) is 5.92 Å². The van der Waals surface area contributed by atoms with Gasteiger partial charge < -0.3 is 20.1 Å². The molecule has 2 rings (SSSR count). The summed E-state index contributed by atoms with van der Waals surface area (Å²) >= 11 is 1.34. The molecule has 3 N–H and O–H groups in total. The fraction of sp³-hybridized carbons (Fsp3) is 0.560. The number of hydroxylamine groups is 1. The van der Waals surface area contributed by atoms with Gasteiger partial charge in [-0.1, -0.05) is 13.8 Å². The number of hydrogen-bond donors (Lipinski definition) is 3. The second kappa shape index (κ2) is 12.8. The molecule has 0 saturated carbocycles. The first kappa shape index (κ1) is 30.0. The second-order valence-corrected chi connectivity index (χ2v) is 11.6. The van der Waals surface area contributed by atoms with Gasteiger partial charge >= 0.3 is 12.2 Å². The van der Waals surface area contributed by atoms with Crippen LogP contribution in [0.25, 0.3) is 10.6 Å². The van der Waals surface area contributed by atoms with E-state index in [2.05, 4.69) is 26.1 Å². The number of amides is 3. The van der Waals surface area contributed by atoms with Crippen LogP contribution >= 0.6 is 11.3 Å². The van der Waals surface area contributed by atoms with Crippen LogP contribution in [0.3, 0.4) is 0 Å². The number of ether oxygens (including phenoxy) is 2. The minimum Gasteiger partial charge on any atom is -0.444 e. The highest BCUT2D eigenvalue weighted by atomic mass is 32.1. The number of thiazole rings is 1. The van der Waals surface area contributed by atoms with Gasteiger partial charge in [-0.15, -0.1) is 11.3 Å². The van der Waals surface area contributed by atoms with Gasteiger partial charge in [0.25, 0.3) is 0 Å². The molecular weight excluding hydrogens is 498 g/mol. The molecule has 2 aromatic heterocycles. The fourth-order valence-electron chi connectivity index (χ4n) is 2.93. The molecule has 1 atom stereocenters. The highest BCUT2D eigenvalue weighted by Gasteiger charge is 2.26. The molecule has 204 valence electrons. The Labute approximate surface area is 221 Å². The Balaban J connectivity index is 1.95. The summed E-state index contributed by atoms with van der Waals surface area (Å²) in [7, 11) is 0. The Kier molecular flexibility index (Phi) is 10.4. The van der Waals surface area contributed by atoms with E-state index in [4.69, 9.17) is 14.3 Å². The van der Waals surface area contributed by atoms with E-state index in [-0.39, 0.29) is 18.4 Å². The van der Waals surface area contributed by atoms with E-state index in [0.29, 0.717) is 22.9 Å². The molecule has 12 heteroatoms. The maximum Gasteiger partial charge on any atom is 0.431 e. The first-order chi connectivity index (χ1) is 17.1. The number of nitrogens with one attached hydrogen (secondary N) is 3. The Hall–Kier alpha value is -3.25. The predicted octanol–water partition coefficient (Wildman–Crippen LogP) is 5.04. The van der Waals surface area contributed by atoms with Crippen molar-refractivity contribution in [1.82, 2.24) is 20.8 Å². The van der Waals surface area contributed by atoms with Crippen LogP contribution in [0, 0.1) is 5.92 Å². The van der Waals surface area contributed by atoms with Gasteiger partial charge in [0.15, 0.2) is 0 Å². The lowest BCUT2D eigenvalue weighted by atomic mass is 10.0. The number of anilines is 1. The molecule has 0 bridgehead atoms.